The number of hydrogen-bond donors (Lipinski definition) is 0. The summed E-state index contributed by atoms with van der Waals surface area (Å²) < 4.78 is 3.40. The van der Waals surface area contributed by atoms with Crippen LogP contribution in [0.4, 0.5) is 0 Å². The smallest absolute Gasteiger partial charge is 0.263 e. The average molecular weight is 364 g/mol. The van der Waals surface area contributed by atoms with Crippen LogP contribution < -0.4 is 5.56 Å². The maximum atomic E-state index is 13.2. The second kappa shape index (κ2) is 6.21. The molecule has 0 fully saturated rings. The molecule has 26 heavy (non-hydrogen) atoms. The first-order chi connectivity index (χ1) is 12.4. The van der Waals surface area contributed by atoms with Gasteiger partial charge in [0.15, 0.2) is 0 Å². The largest absolute Gasteiger partial charge is 0.294 e. The van der Waals surface area contributed by atoms with Crippen LogP contribution in [0.5, 0.6) is 0 Å². The summed E-state index contributed by atoms with van der Waals surface area (Å²) in [5.74, 6) is 0. The number of aryl methyl sites for hydroxylation is 4. The van der Waals surface area contributed by atoms with Crippen LogP contribution in [0.1, 0.15) is 21.6 Å². The third-order valence-electron chi connectivity index (χ3n) is 4.76. The predicted molar refractivity (Wildman–Crippen MR) is 106 cm³/mol. The summed E-state index contributed by atoms with van der Waals surface area (Å²) in [6.07, 6.45) is 5.33. The molecule has 0 N–H and O–H groups in total. The second-order valence-corrected chi connectivity index (χ2v) is 7.92. The molecule has 0 aliphatic rings. The summed E-state index contributed by atoms with van der Waals surface area (Å²) in [4.78, 5) is 19.7. The van der Waals surface area contributed by atoms with Crippen LogP contribution in [-0.2, 0) is 13.6 Å². The first-order valence-corrected chi connectivity index (χ1v) is 9.29. The van der Waals surface area contributed by atoms with Crippen LogP contribution in [0.15, 0.2) is 41.7 Å². The van der Waals surface area contributed by atoms with Crippen molar-refractivity contribution >= 4 is 21.6 Å². The molecule has 0 spiro atoms. The van der Waals surface area contributed by atoms with E-state index < -0.39 is 0 Å². The van der Waals surface area contributed by atoms with Crippen molar-refractivity contribution in [1.29, 1.82) is 0 Å². The van der Waals surface area contributed by atoms with Gasteiger partial charge in [0, 0.05) is 29.2 Å². The summed E-state index contributed by atoms with van der Waals surface area (Å²) in [5, 5.41) is 4.89. The highest BCUT2D eigenvalue weighted by Gasteiger charge is 2.17. The standard InChI is InChI=1S/C20H20N4OS/c1-12-5-6-16(7-13(12)2)17-14(3)26-19-18(17)20(25)24(11-21-19)10-15-8-22-23(4)9-15/h5-9,11H,10H2,1-4H3. The highest BCUT2D eigenvalue weighted by atomic mass is 32.1. The SMILES string of the molecule is Cc1ccc(-c2c(C)sc3ncn(Cc4cnn(C)c4)c(=O)c23)cc1C. The lowest BCUT2D eigenvalue weighted by Crippen LogP contribution is -2.20. The zero-order valence-electron chi connectivity index (χ0n) is 15.3. The van der Waals surface area contributed by atoms with E-state index in [0.29, 0.717) is 11.9 Å². The topological polar surface area (TPSA) is 52.7 Å². The summed E-state index contributed by atoms with van der Waals surface area (Å²) in [6, 6.07) is 6.36. The first-order valence-electron chi connectivity index (χ1n) is 8.47. The molecule has 1 aromatic carbocycles. The van der Waals surface area contributed by atoms with Gasteiger partial charge < -0.3 is 0 Å². The number of thiophene rings is 1. The quantitative estimate of drug-likeness (QED) is 0.555. The molecule has 4 aromatic rings. The molecular weight excluding hydrogens is 344 g/mol. The van der Waals surface area contributed by atoms with Gasteiger partial charge >= 0.3 is 0 Å². The third kappa shape index (κ3) is 2.76. The first kappa shape index (κ1) is 16.7. The Balaban J connectivity index is 1.90. The second-order valence-electron chi connectivity index (χ2n) is 6.71. The number of fused-ring (bicyclic) bond motifs is 1. The van der Waals surface area contributed by atoms with E-state index in [1.54, 1.807) is 33.1 Å². The molecule has 0 radical (unpaired) electrons. The molecule has 0 saturated heterocycles. The van der Waals surface area contributed by atoms with Gasteiger partial charge in [0.25, 0.3) is 5.56 Å². The van der Waals surface area contributed by atoms with E-state index in [1.165, 1.54) is 11.1 Å². The van der Waals surface area contributed by atoms with Crippen molar-refractivity contribution in [3.63, 3.8) is 0 Å². The Morgan fingerprint density at radius 2 is 1.96 bits per heavy atom. The van der Waals surface area contributed by atoms with E-state index in [0.717, 1.165) is 26.4 Å². The predicted octanol–water partition coefficient (Wildman–Crippen LogP) is 3.83. The number of nitrogens with zero attached hydrogens (tertiary/aromatic N) is 4. The van der Waals surface area contributed by atoms with Crippen molar-refractivity contribution in [1.82, 2.24) is 19.3 Å². The fourth-order valence-electron chi connectivity index (χ4n) is 3.24. The van der Waals surface area contributed by atoms with Crippen LogP contribution in [0.2, 0.25) is 0 Å². The van der Waals surface area contributed by atoms with Crippen molar-refractivity contribution in [3.8, 4) is 11.1 Å². The maximum Gasteiger partial charge on any atom is 0.263 e. The molecule has 0 saturated carbocycles. The molecule has 4 rings (SSSR count). The lowest BCUT2D eigenvalue weighted by Gasteiger charge is -2.07. The molecule has 0 bridgehead atoms. The minimum absolute atomic E-state index is 0.00330. The van der Waals surface area contributed by atoms with E-state index in [2.05, 4.69) is 49.1 Å². The van der Waals surface area contributed by atoms with Crippen LogP contribution in [0.3, 0.4) is 0 Å². The summed E-state index contributed by atoms with van der Waals surface area (Å²) in [6.45, 7) is 6.72. The van der Waals surface area contributed by atoms with Gasteiger partial charge in [-0.05, 0) is 37.5 Å². The molecule has 0 amide bonds. The molecule has 0 aliphatic heterocycles. The average Bonchev–Trinajstić information content (AvgIpc) is 3.16. The molecule has 3 heterocycles. The fourth-order valence-corrected chi connectivity index (χ4v) is 4.25. The number of rotatable bonds is 3. The van der Waals surface area contributed by atoms with E-state index in [-0.39, 0.29) is 5.56 Å². The normalized spacial score (nSPS) is 11.4. The van der Waals surface area contributed by atoms with Gasteiger partial charge in [-0.3, -0.25) is 14.0 Å². The highest BCUT2D eigenvalue weighted by molar-refractivity contribution is 7.19. The van der Waals surface area contributed by atoms with Crippen LogP contribution in [-0.4, -0.2) is 19.3 Å². The Bertz CT molecular complexity index is 1180. The van der Waals surface area contributed by atoms with E-state index in [1.807, 2.05) is 13.2 Å². The molecular formula is C20H20N4OS. The maximum absolute atomic E-state index is 13.2. The zero-order chi connectivity index (χ0) is 18.4. The molecule has 6 heteroatoms. The minimum Gasteiger partial charge on any atom is -0.294 e. The van der Waals surface area contributed by atoms with E-state index in [4.69, 9.17) is 0 Å². The molecule has 0 atom stereocenters. The summed E-state index contributed by atoms with van der Waals surface area (Å²) in [5.41, 5.74) is 5.53. The highest BCUT2D eigenvalue weighted by Crippen LogP contribution is 2.36. The van der Waals surface area contributed by atoms with Crippen molar-refractivity contribution in [2.45, 2.75) is 27.3 Å². The fraction of sp³-hybridized carbons (Fsp3) is 0.250. The lowest BCUT2D eigenvalue weighted by molar-refractivity contribution is 0.743. The van der Waals surface area contributed by atoms with Gasteiger partial charge in [0.1, 0.15) is 4.83 Å². The van der Waals surface area contributed by atoms with Crippen LogP contribution in [0.25, 0.3) is 21.3 Å². The van der Waals surface area contributed by atoms with Gasteiger partial charge in [0.2, 0.25) is 0 Å². The minimum atomic E-state index is -0.00330. The Morgan fingerprint density at radius 3 is 2.65 bits per heavy atom. The van der Waals surface area contributed by atoms with Gasteiger partial charge in [-0.15, -0.1) is 11.3 Å². The molecule has 0 unspecified atom stereocenters. The lowest BCUT2D eigenvalue weighted by atomic mass is 9.99. The van der Waals surface area contributed by atoms with Crippen LogP contribution >= 0.6 is 11.3 Å². The Morgan fingerprint density at radius 1 is 1.15 bits per heavy atom. The van der Waals surface area contributed by atoms with E-state index in [9.17, 15) is 4.79 Å². The van der Waals surface area contributed by atoms with Crippen molar-refractivity contribution in [3.05, 3.63) is 68.8 Å². The number of benzene rings is 1. The van der Waals surface area contributed by atoms with Gasteiger partial charge in [0.05, 0.1) is 24.5 Å². The number of aromatic nitrogens is 4. The van der Waals surface area contributed by atoms with Gasteiger partial charge in [-0.1, -0.05) is 18.2 Å². The Hall–Kier alpha value is -2.73. The Kier molecular flexibility index (Phi) is 4.00. The van der Waals surface area contributed by atoms with Crippen LogP contribution in [0, 0.1) is 20.8 Å². The van der Waals surface area contributed by atoms with Crippen molar-refractivity contribution < 1.29 is 0 Å². The summed E-state index contributed by atoms with van der Waals surface area (Å²) >= 11 is 1.58. The van der Waals surface area contributed by atoms with Gasteiger partial charge in [-0.25, -0.2) is 4.98 Å². The van der Waals surface area contributed by atoms with Gasteiger partial charge in [-0.2, -0.15) is 5.10 Å². The summed E-state index contributed by atoms with van der Waals surface area (Å²) in [7, 11) is 1.87. The monoisotopic (exact) mass is 364 g/mol. The molecule has 5 nitrogen and oxygen atoms in total. The van der Waals surface area contributed by atoms with Crippen molar-refractivity contribution in [2.75, 3.05) is 0 Å². The zero-order valence-corrected chi connectivity index (χ0v) is 16.1. The molecule has 3 aromatic heterocycles. The molecule has 0 aliphatic carbocycles. The van der Waals surface area contributed by atoms with Crippen molar-refractivity contribution in [2.24, 2.45) is 7.05 Å². The van der Waals surface area contributed by atoms with E-state index >= 15 is 0 Å². The molecule has 132 valence electrons. The third-order valence-corrected chi connectivity index (χ3v) is 5.77. The number of hydrogen-bond acceptors (Lipinski definition) is 4. The Labute approximate surface area is 155 Å².